The van der Waals surface area contributed by atoms with Crippen LogP contribution in [0.3, 0.4) is 0 Å². The molecule has 1 atom stereocenters. The molecule has 0 fully saturated rings. The van der Waals surface area contributed by atoms with Crippen LogP contribution in [0.5, 0.6) is 11.5 Å². The van der Waals surface area contributed by atoms with Crippen molar-refractivity contribution in [2.45, 2.75) is 39.2 Å². The number of amides is 3. The minimum absolute atomic E-state index is 0.256. The molecule has 0 bridgehead atoms. The summed E-state index contributed by atoms with van der Waals surface area (Å²) in [6.45, 7) is 3.75. The van der Waals surface area contributed by atoms with Crippen LogP contribution in [-0.4, -0.2) is 48.9 Å². The van der Waals surface area contributed by atoms with E-state index in [9.17, 15) is 14.4 Å². The molecule has 1 aromatic heterocycles. The molecule has 208 valence electrons. The Morgan fingerprint density at radius 1 is 1.07 bits per heavy atom. The molecule has 5 rings (SSSR count). The highest BCUT2D eigenvalue weighted by Gasteiger charge is 2.40. The number of anilines is 1. The number of esters is 1. The Balaban J connectivity index is 1.58. The molecular weight excluding hydrogens is 594 g/mol. The number of methoxy groups -OCH3 is 1. The van der Waals surface area contributed by atoms with Crippen LogP contribution in [0.2, 0.25) is 0 Å². The topological polar surface area (TPSA) is 88.2 Å². The highest BCUT2D eigenvalue weighted by Crippen LogP contribution is 2.44. The van der Waals surface area contributed by atoms with Crippen molar-refractivity contribution in [3.63, 3.8) is 0 Å². The summed E-state index contributed by atoms with van der Waals surface area (Å²) in [5.74, 6) is 0.278. The minimum atomic E-state index is -0.745. The van der Waals surface area contributed by atoms with E-state index >= 15 is 0 Å². The quantitative estimate of drug-likeness (QED) is 0.304. The summed E-state index contributed by atoms with van der Waals surface area (Å²) in [4.78, 5) is 44.2. The van der Waals surface area contributed by atoms with Crippen LogP contribution in [0.1, 0.15) is 51.3 Å². The maximum Gasteiger partial charge on any atom is 0.341 e. The largest absolute Gasteiger partial charge is 0.465 e. The number of carbonyl (C=O) groups is 3. The molecule has 1 aliphatic carbocycles. The summed E-state index contributed by atoms with van der Waals surface area (Å²) >= 11 is 4.94. The maximum absolute atomic E-state index is 14.1. The number of allylic oxidation sites excluding steroid dienone is 1. The highest BCUT2D eigenvalue weighted by atomic mass is 79.9. The van der Waals surface area contributed by atoms with E-state index in [2.05, 4.69) is 21.2 Å². The lowest BCUT2D eigenvalue weighted by molar-refractivity contribution is -0.113. The number of nitrogens with zero attached hydrogens (tertiary/aromatic N) is 2. The van der Waals surface area contributed by atoms with E-state index < -0.39 is 17.9 Å². The van der Waals surface area contributed by atoms with Crippen molar-refractivity contribution in [3.8, 4) is 11.5 Å². The smallest absolute Gasteiger partial charge is 0.341 e. The van der Waals surface area contributed by atoms with E-state index in [0.717, 1.165) is 39.7 Å². The number of carbonyl (C=O) groups excluding carboxylic acids is 3. The Morgan fingerprint density at radius 3 is 2.50 bits per heavy atom. The average Bonchev–Trinajstić information content (AvgIpc) is 3.51. The summed E-state index contributed by atoms with van der Waals surface area (Å²) in [7, 11) is 4.65. The summed E-state index contributed by atoms with van der Waals surface area (Å²) in [6.07, 6.45) is 2.61. The first-order valence-electron chi connectivity index (χ1n) is 12.9. The molecule has 3 aromatic rings. The second kappa shape index (κ2) is 11.1. The van der Waals surface area contributed by atoms with Gasteiger partial charge in [0, 0.05) is 34.7 Å². The number of hydrogen-bond donors (Lipinski definition) is 1. The fraction of sp³-hybridized carbons (Fsp3) is 0.300. The summed E-state index contributed by atoms with van der Waals surface area (Å²) in [5, 5.41) is 3.47. The molecule has 2 aliphatic rings. The fourth-order valence-electron chi connectivity index (χ4n) is 5.25. The third kappa shape index (κ3) is 5.01. The van der Waals surface area contributed by atoms with Crippen molar-refractivity contribution in [1.82, 2.24) is 9.80 Å². The number of rotatable bonds is 6. The first-order chi connectivity index (χ1) is 19.1. The van der Waals surface area contributed by atoms with Crippen LogP contribution in [0.15, 0.2) is 58.2 Å². The lowest BCUT2D eigenvalue weighted by atomic mass is 9.92. The molecule has 0 saturated heterocycles. The first kappa shape index (κ1) is 27.9. The number of likely N-dealkylation sites (N-methyl/N-ethyl adjacent to an activating group) is 1. The number of hydrogen-bond acceptors (Lipinski definition) is 6. The monoisotopic (exact) mass is 623 g/mol. The Bertz CT molecular complexity index is 1550. The molecule has 1 N–H and O–H groups in total. The first-order valence-corrected chi connectivity index (χ1v) is 14.5. The van der Waals surface area contributed by atoms with Gasteiger partial charge in [-0.3, -0.25) is 4.79 Å². The van der Waals surface area contributed by atoms with Gasteiger partial charge in [0.2, 0.25) is 0 Å². The summed E-state index contributed by atoms with van der Waals surface area (Å²) < 4.78 is 12.2. The predicted molar refractivity (Wildman–Crippen MR) is 158 cm³/mol. The zero-order valence-electron chi connectivity index (χ0n) is 23.0. The van der Waals surface area contributed by atoms with Gasteiger partial charge < -0.3 is 24.6 Å². The fourth-order valence-corrected chi connectivity index (χ4v) is 6.86. The number of benzene rings is 2. The molecule has 2 heterocycles. The molecule has 0 saturated carbocycles. The Hall–Kier alpha value is -3.63. The van der Waals surface area contributed by atoms with Gasteiger partial charge in [0.15, 0.2) is 0 Å². The number of halogens is 1. The van der Waals surface area contributed by atoms with Gasteiger partial charge >= 0.3 is 12.0 Å². The van der Waals surface area contributed by atoms with Gasteiger partial charge in [-0.1, -0.05) is 39.7 Å². The van der Waals surface area contributed by atoms with E-state index in [1.165, 1.54) is 28.2 Å². The molecule has 2 aromatic carbocycles. The van der Waals surface area contributed by atoms with Crippen molar-refractivity contribution in [1.29, 1.82) is 0 Å². The average molecular weight is 625 g/mol. The second-order valence-electron chi connectivity index (χ2n) is 9.96. The molecule has 40 heavy (non-hydrogen) atoms. The van der Waals surface area contributed by atoms with Crippen molar-refractivity contribution in [2.24, 2.45) is 0 Å². The summed E-state index contributed by atoms with van der Waals surface area (Å²) in [6, 6.07) is 12.2. The number of nitrogens with one attached hydrogen (secondary N) is 1. The molecule has 0 radical (unpaired) electrons. The molecule has 1 unspecified atom stereocenters. The van der Waals surface area contributed by atoms with Gasteiger partial charge in [-0.25, -0.2) is 9.59 Å². The molecule has 0 spiro atoms. The molecule has 8 nitrogen and oxygen atoms in total. The Kier molecular flexibility index (Phi) is 7.74. The lowest BCUT2D eigenvalue weighted by Gasteiger charge is -2.40. The van der Waals surface area contributed by atoms with E-state index in [4.69, 9.17) is 9.47 Å². The van der Waals surface area contributed by atoms with Gasteiger partial charge in [-0.05, 0) is 62.9 Å². The molecule has 1 aliphatic heterocycles. The van der Waals surface area contributed by atoms with Gasteiger partial charge in [-0.2, -0.15) is 0 Å². The van der Waals surface area contributed by atoms with Crippen molar-refractivity contribution in [2.75, 3.05) is 26.5 Å². The van der Waals surface area contributed by atoms with Crippen LogP contribution in [0.4, 0.5) is 9.80 Å². The number of aryl methyl sites for hydroxylation is 2. The van der Waals surface area contributed by atoms with Crippen LogP contribution in [-0.2, 0) is 22.4 Å². The van der Waals surface area contributed by atoms with Gasteiger partial charge in [0.05, 0.1) is 24.3 Å². The second-order valence-corrected chi connectivity index (χ2v) is 12.0. The minimum Gasteiger partial charge on any atom is -0.465 e. The van der Waals surface area contributed by atoms with Gasteiger partial charge in [0.25, 0.3) is 5.91 Å². The molecule has 10 heteroatoms. The van der Waals surface area contributed by atoms with E-state index in [-0.39, 0.29) is 6.03 Å². The predicted octanol–water partition coefficient (Wildman–Crippen LogP) is 6.84. The number of ether oxygens (including phenoxy) is 2. The van der Waals surface area contributed by atoms with Gasteiger partial charge in [-0.15, -0.1) is 11.3 Å². The SMILES string of the molecule is COC(=O)c1c(NC(=O)C2=C(C)N(C)C(=O)N(C)C2c2ccc(Br)cc2Oc2ccc(C)cc2)sc2c1CCC2. The molecular formula is C30H30BrN3O5S. The number of thiophene rings is 1. The van der Waals surface area contributed by atoms with E-state index in [0.29, 0.717) is 38.9 Å². The van der Waals surface area contributed by atoms with Crippen molar-refractivity contribution >= 4 is 50.2 Å². The third-order valence-electron chi connectivity index (χ3n) is 7.44. The zero-order chi connectivity index (χ0) is 28.7. The normalized spacial score (nSPS) is 16.8. The van der Waals surface area contributed by atoms with Crippen molar-refractivity contribution in [3.05, 3.63) is 85.3 Å². The number of fused-ring (bicyclic) bond motifs is 1. The third-order valence-corrected chi connectivity index (χ3v) is 9.14. The van der Waals surface area contributed by atoms with Crippen LogP contribution in [0.25, 0.3) is 0 Å². The van der Waals surface area contributed by atoms with E-state index in [1.807, 2.05) is 49.4 Å². The Morgan fingerprint density at radius 2 is 1.80 bits per heavy atom. The molecule has 3 amide bonds. The summed E-state index contributed by atoms with van der Waals surface area (Å²) in [5.41, 5.74) is 4.02. The standard InChI is InChI=1S/C30H30BrN3O5S/c1-16-9-12-19(13-10-16)39-22-15-18(31)11-14-20(22)26-24(17(2)33(3)30(37)34(26)4)27(35)32-28-25(29(36)38-5)21-7-6-8-23(21)40-28/h9-15,26H,6-8H2,1-5H3,(H,32,35). The van der Waals surface area contributed by atoms with Crippen molar-refractivity contribution < 1.29 is 23.9 Å². The number of urea groups is 1. The van der Waals surface area contributed by atoms with Crippen LogP contribution in [0, 0.1) is 6.92 Å². The van der Waals surface area contributed by atoms with E-state index in [1.54, 1.807) is 21.0 Å². The lowest BCUT2D eigenvalue weighted by Crippen LogP contribution is -2.47. The highest BCUT2D eigenvalue weighted by molar-refractivity contribution is 9.10. The maximum atomic E-state index is 14.1. The Labute approximate surface area is 245 Å². The van der Waals surface area contributed by atoms with Crippen LogP contribution >= 0.6 is 27.3 Å². The van der Waals surface area contributed by atoms with Crippen LogP contribution < -0.4 is 10.1 Å². The zero-order valence-corrected chi connectivity index (χ0v) is 25.4. The van der Waals surface area contributed by atoms with Gasteiger partial charge in [0.1, 0.15) is 16.5 Å².